The fraction of sp³-hybridized carbons (Fsp3) is 0.417. The van der Waals surface area contributed by atoms with Crippen molar-refractivity contribution in [2.45, 2.75) is 39.5 Å². The van der Waals surface area contributed by atoms with Crippen LogP contribution in [-0.2, 0) is 6.42 Å². The van der Waals surface area contributed by atoms with Crippen LogP contribution in [0.4, 0.5) is 14.5 Å². The van der Waals surface area contributed by atoms with Crippen molar-refractivity contribution >= 4 is 5.69 Å². The van der Waals surface area contributed by atoms with Gasteiger partial charge in [-0.25, -0.2) is 8.78 Å². The third-order valence-corrected chi connectivity index (χ3v) is 5.32. The van der Waals surface area contributed by atoms with Crippen LogP contribution in [0.2, 0.25) is 0 Å². The van der Waals surface area contributed by atoms with Crippen LogP contribution in [0.15, 0.2) is 30.3 Å². The maximum atomic E-state index is 14.0. The van der Waals surface area contributed by atoms with Gasteiger partial charge in [0.2, 0.25) is 0 Å². The van der Waals surface area contributed by atoms with Gasteiger partial charge in [-0.1, -0.05) is 17.9 Å². The molecule has 0 amide bonds. The fourth-order valence-corrected chi connectivity index (χ4v) is 4.18. The molecular weight excluding hydrogens is 356 g/mol. The lowest BCUT2D eigenvalue weighted by atomic mass is 9.90. The molecule has 148 valence electrons. The average molecular weight is 383 g/mol. The molecule has 1 aliphatic heterocycles. The lowest BCUT2D eigenvalue weighted by Gasteiger charge is -2.36. The van der Waals surface area contributed by atoms with E-state index in [1.807, 2.05) is 0 Å². The molecule has 0 saturated carbocycles. The highest BCUT2D eigenvalue weighted by atomic mass is 19.1. The molecule has 3 rings (SSSR count). The van der Waals surface area contributed by atoms with Crippen LogP contribution in [0.5, 0.6) is 0 Å². The van der Waals surface area contributed by atoms with Gasteiger partial charge in [-0.3, -0.25) is 0 Å². The topological polar surface area (TPSA) is 23.5 Å². The Bertz CT molecular complexity index is 874. The van der Waals surface area contributed by atoms with E-state index in [-0.39, 0.29) is 6.61 Å². The summed E-state index contributed by atoms with van der Waals surface area (Å²) in [6.45, 7) is 6.13. The van der Waals surface area contributed by atoms with Gasteiger partial charge in [-0.05, 0) is 73.9 Å². The zero-order valence-electron chi connectivity index (χ0n) is 16.6. The number of anilines is 1. The number of nitrogens with zero attached hydrogens (tertiary/aromatic N) is 1. The van der Waals surface area contributed by atoms with Crippen LogP contribution < -0.4 is 4.90 Å². The number of piperidine rings is 1. The van der Waals surface area contributed by atoms with Gasteiger partial charge in [0.25, 0.3) is 0 Å². The van der Waals surface area contributed by atoms with Crippen molar-refractivity contribution in [3.8, 4) is 11.8 Å². The van der Waals surface area contributed by atoms with Gasteiger partial charge in [-0.15, -0.1) is 0 Å². The summed E-state index contributed by atoms with van der Waals surface area (Å²) in [6, 6.07) is 8.07. The van der Waals surface area contributed by atoms with Crippen molar-refractivity contribution < 1.29 is 13.9 Å². The molecule has 1 atom stereocenters. The first kappa shape index (κ1) is 20.4. The molecule has 0 spiro atoms. The number of hydrogen-bond acceptors (Lipinski definition) is 2. The quantitative estimate of drug-likeness (QED) is 0.769. The minimum Gasteiger partial charge on any atom is -0.395 e. The van der Waals surface area contributed by atoms with Crippen LogP contribution in [-0.4, -0.2) is 24.8 Å². The van der Waals surface area contributed by atoms with E-state index >= 15 is 0 Å². The SMILES string of the molecule is Cc1cc(C#CCCO)cc(C)c1N1CCCC(Cc2ccc(F)cc2F)C1. The van der Waals surface area contributed by atoms with Crippen molar-refractivity contribution in [1.82, 2.24) is 0 Å². The second-order valence-corrected chi connectivity index (χ2v) is 7.63. The second kappa shape index (κ2) is 9.21. The first-order valence-corrected chi connectivity index (χ1v) is 9.87. The van der Waals surface area contributed by atoms with E-state index in [2.05, 4.69) is 42.7 Å². The maximum absolute atomic E-state index is 14.0. The van der Waals surface area contributed by atoms with Crippen LogP contribution >= 0.6 is 0 Å². The van der Waals surface area contributed by atoms with Crippen LogP contribution in [0, 0.1) is 43.2 Å². The summed E-state index contributed by atoms with van der Waals surface area (Å²) in [5, 5.41) is 8.88. The van der Waals surface area contributed by atoms with Crippen LogP contribution in [0.1, 0.15) is 41.5 Å². The van der Waals surface area contributed by atoms with E-state index in [4.69, 9.17) is 5.11 Å². The molecule has 0 aliphatic carbocycles. The number of aryl methyl sites for hydroxylation is 2. The average Bonchev–Trinajstić information content (AvgIpc) is 2.64. The highest BCUT2D eigenvalue weighted by molar-refractivity contribution is 5.62. The summed E-state index contributed by atoms with van der Waals surface area (Å²) in [4.78, 5) is 2.39. The first-order valence-electron chi connectivity index (χ1n) is 9.87. The van der Waals surface area contributed by atoms with Gasteiger partial charge >= 0.3 is 0 Å². The van der Waals surface area contributed by atoms with Crippen LogP contribution in [0.3, 0.4) is 0 Å². The molecule has 2 aromatic carbocycles. The predicted octanol–water partition coefficient (Wildman–Crippen LogP) is 4.77. The van der Waals surface area contributed by atoms with Crippen molar-refractivity contribution in [2.24, 2.45) is 5.92 Å². The molecule has 28 heavy (non-hydrogen) atoms. The summed E-state index contributed by atoms with van der Waals surface area (Å²) in [5.41, 5.74) is 5.16. The normalized spacial score (nSPS) is 16.6. The van der Waals surface area contributed by atoms with E-state index < -0.39 is 11.6 Å². The molecule has 0 bridgehead atoms. The van der Waals surface area contributed by atoms with Gasteiger partial charge in [0.1, 0.15) is 11.6 Å². The van der Waals surface area contributed by atoms with Crippen molar-refractivity contribution in [1.29, 1.82) is 0 Å². The number of halogens is 2. The van der Waals surface area contributed by atoms with Crippen LogP contribution in [0.25, 0.3) is 0 Å². The summed E-state index contributed by atoms with van der Waals surface area (Å²) in [7, 11) is 0. The Kier molecular flexibility index (Phi) is 6.70. The number of rotatable bonds is 4. The van der Waals surface area contributed by atoms with Crippen molar-refractivity contribution in [3.05, 3.63) is 64.2 Å². The number of benzene rings is 2. The number of aliphatic hydroxyl groups excluding tert-OH is 1. The summed E-state index contributed by atoms with van der Waals surface area (Å²) in [5.74, 6) is 5.45. The highest BCUT2D eigenvalue weighted by Gasteiger charge is 2.23. The molecule has 1 aliphatic rings. The molecule has 1 unspecified atom stereocenters. The molecule has 1 fully saturated rings. The Hall–Kier alpha value is -2.38. The molecule has 1 N–H and O–H groups in total. The van der Waals surface area contributed by atoms with E-state index in [1.165, 1.54) is 22.9 Å². The molecule has 0 radical (unpaired) electrons. The van der Waals surface area contributed by atoms with Crippen molar-refractivity contribution in [3.63, 3.8) is 0 Å². The fourth-order valence-electron chi connectivity index (χ4n) is 4.18. The summed E-state index contributed by atoms with van der Waals surface area (Å²) in [6.07, 6.45) is 3.22. The molecule has 1 heterocycles. The lowest BCUT2D eigenvalue weighted by molar-refractivity contribution is 0.305. The minimum atomic E-state index is -0.528. The monoisotopic (exact) mass is 383 g/mol. The molecule has 2 aromatic rings. The number of hydrogen-bond donors (Lipinski definition) is 1. The van der Waals surface area contributed by atoms with Gasteiger partial charge in [-0.2, -0.15) is 0 Å². The lowest BCUT2D eigenvalue weighted by Crippen LogP contribution is -2.37. The summed E-state index contributed by atoms with van der Waals surface area (Å²) >= 11 is 0. The Balaban J connectivity index is 1.76. The third-order valence-electron chi connectivity index (χ3n) is 5.32. The smallest absolute Gasteiger partial charge is 0.129 e. The Morgan fingerprint density at radius 1 is 1.14 bits per heavy atom. The molecule has 1 saturated heterocycles. The zero-order valence-corrected chi connectivity index (χ0v) is 16.6. The number of aliphatic hydroxyl groups is 1. The second-order valence-electron chi connectivity index (χ2n) is 7.63. The third kappa shape index (κ3) is 4.91. The van der Waals surface area contributed by atoms with E-state index in [1.54, 1.807) is 6.07 Å². The van der Waals surface area contributed by atoms with Gasteiger partial charge in [0, 0.05) is 36.8 Å². The highest BCUT2D eigenvalue weighted by Crippen LogP contribution is 2.31. The predicted molar refractivity (Wildman–Crippen MR) is 109 cm³/mol. The van der Waals surface area contributed by atoms with E-state index in [9.17, 15) is 8.78 Å². The van der Waals surface area contributed by atoms with E-state index in [0.717, 1.165) is 37.6 Å². The van der Waals surface area contributed by atoms with Gasteiger partial charge in [0.15, 0.2) is 0 Å². The Morgan fingerprint density at radius 3 is 2.57 bits per heavy atom. The molecule has 0 aromatic heterocycles. The molecular formula is C24H27F2NO. The Labute approximate surface area is 166 Å². The molecule has 4 heteroatoms. The standard InChI is InChI=1S/C24H27F2NO/c1-17-12-19(6-3-4-11-28)13-18(2)24(17)27-10-5-7-20(16-27)14-21-8-9-22(25)15-23(21)26/h8-9,12-13,15,20,28H,4-5,7,10-11,14,16H2,1-2H3. The van der Waals surface area contributed by atoms with Gasteiger partial charge < -0.3 is 10.0 Å². The summed E-state index contributed by atoms with van der Waals surface area (Å²) < 4.78 is 27.2. The minimum absolute atomic E-state index is 0.0763. The zero-order chi connectivity index (χ0) is 20.1. The molecule has 2 nitrogen and oxygen atoms in total. The van der Waals surface area contributed by atoms with E-state index in [0.29, 0.717) is 24.3 Å². The Morgan fingerprint density at radius 2 is 1.89 bits per heavy atom. The van der Waals surface area contributed by atoms with Gasteiger partial charge in [0.05, 0.1) is 6.61 Å². The van der Waals surface area contributed by atoms with Crippen molar-refractivity contribution in [2.75, 3.05) is 24.6 Å². The largest absolute Gasteiger partial charge is 0.395 e. The first-order chi connectivity index (χ1) is 13.5. The maximum Gasteiger partial charge on any atom is 0.129 e.